The Balaban J connectivity index is 1.55. The van der Waals surface area contributed by atoms with Gasteiger partial charge in [-0.25, -0.2) is 8.42 Å². The van der Waals surface area contributed by atoms with Crippen LogP contribution in [-0.2, 0) is 21.2 Å². The number of sulfone groups is 1. The van der Waals surface area contributed by atoms with Gasteiger partial charge in [-0.05, 0) is 44.1 Å². The first-order chi connectivity index (χ1) is 19.6. The summed E-state index contributed by atoms with van der Waals surface area (Å²) < 4.78 is 27.1. The van der Waals surface area contributed by atoms with E-state index in [0.29, 0.717) is 24.4 Å². The second-order valence-electron chi connectivity index (χ2n) is 9.39. The van der Waals surface area contributed by atoms with Crippen LogP contribution in [0.5, 0.6) is 5.75 Å². The number of rotatable bonds is 9. The van der Waals surface area contributed by atoms with Crippen molar-refractivity contribution in [3.63, 3.8) is 0 Å². The van der Waals surface area contributed by atoms with E-state index in [2.05, 4.69) is 10.9 Å². The Morgan fingerprint density at radius 1 is 1.27 bits per heavy atom. The van der Waals surface area contributed by atoms with Gasteiger partial charge in [0.1, 0.15) is 5.82 Å². The maximum absolute atomic E-state index is 13.4. The Bertz CT molecular complexity index is 1630. The first-order valence-corrected chi connectivity index (χ1v) is 15.9. The zero-order chi connectivity index (χ0) is 29.7. The second-order valence-corrected chi connectivity index (χ2v) is 12.9. The number of amides is 2. The van der Waals surface area contributed by atoms with Crippen molar-refractivity contribution in [2.75, 3.05) is 31.1 Å². The molecule has 0 aliphatic carbocycles. The van der Waals surface area contributed by atoms with E-state index in [1.54, 1.807) is 24.0 Å². The molecular formula is C28H29ClN4O6S2. The molecule has 0 bridgehead atoms. The van der Waals surface area contributed by atoms with Gasteiger partial charge in [0, 0.05) is 31.1 Å². The van der Waals surface area contributed by atoms with E-state index < -0.39 is 33.1 Å². The molecule has 1 N–H and O–H groups in total. The summed E-state index contributed by atoms with van der Waals surface area (Å²) in [5.74, 6) is 0.580. The molecular weight excluding hydrogens is 588 g/mol. The number of nitrogens with zero attached hydrogens (tertiary/aromatic N) is 4. The molecule has 0 radical (unpaired) electrons. The first-order valence-electron chi connectivity index (χ1n) is 12.9. The zero-order valence-corrected chi connectivity index (χ0v) is 24.7. The summed E-state index contributed by atoms with van der Waals surface area (Å²) >= 11 is 7.53. The van der Waals surface area contributed by atoms with Crippen LogP contribution in [0.1, 0.15) is 42.1 Å². The van der Waals surface area contributed by atoms with Crippen LogP contribution in [0.15, 0.2) is 57.1 Å². The molecule has 10 nitrogen and oxygen atoms in total. The van der Waals surface area contributed by atoms with Crippen LogP contribution in [0.2, 0.25) is 5.02 Å². The molecule has 2 aromatic rings. The van der Waals surface area contributed by atoms with E-state index in [9.17, 15) is 27.9 Å². The molecule has 1 saturated heterocycles. The van der Waals surface area contributed by atoms with Crippen LogP contribution < -0.4 is 5.56 Å². The monoisotopic (exact) mass is 616 g/mol. The van der Waals surface area contributed by atoms with E-state index in [1.807, 2.05) is 12.1 Å². The molecule has 1 unspecified atom stereocenters. The fourth-order valence-electron chi connectivity index (χ4n) is 4.92. The number of aromatic nitrogens is 2. The smallest absolute Gasteiger partial charge is 0.315 e. The van der Waals surface area contributed by atoms with E-state index >= 15 is 0 Å². The summed E-state index contributed by atoms with van der Waals surface area (Å²) in [7, 11) is -3.74. The average Bonchev–Trinajstić information content (AvgIpc) is 3.44. The van der Waals surface area contributed by atoms with Crippen molar-refractivity contribution in [1.29, 1.82) is 0 Å². The molecule has 1 fully saturated rings. The van der Waals surface area contributed by atoms with Crippen molar-refractivity contribution in [2.45, 2.75) is 37.2 Å². The highest BCUT2D eigenvalue weighted by atomic mass is 35.5. The van der Waals surface area contributed by atoms with E-state index in [-0.39, 0.29) is 53.5 Å². The van der Waals surface area contributed by atoms with Crippen LogP contribution in [0.3, 0.4) is 0 Å². The minimum absolute atomic E-state index is 0.0320. The summed E-state index contributed by atoms with van der Waals surface area (Å²) in [5.41, 5.74) is -1.23. The SMILES string of the molecule is C#C/C=C\C(=C/C)S(=O)(=O)CCN1CCn2c(C3CCCN3C(=O)CSc3ccccc3Cl)nc(=O)c(O)c2C1=O. The third kappa shape index (κ3) is 6.53. The summed E-state index contributed by atoms with van der Waals surface area (Å²) in [4.78, 5) is 47.1. The van der Waals surface area contributed by atoms with Crippen molar-refractivity contribution in [1.82, 2.24) is 19.4 Å². The molecule has 1 aromatic carbocycles. The Labute approximate surface area is 247 Å². The van der Waals surface area contributed by atoms with Crippen molar-refractivity contribution < 1.29 is 23.1 Å². The molecule has 216 valence electrons. The molecule has 3 heterocycles. The highest BCUT2D eigenvalue weighted by Crippen LogP contribution is 2.35. The largest absolute Gasteiger partial charge is 0.501 e. The molecule has 2 amide bonds. The number of hydrogen-bond donors (Lipinski definition) is 1. The number of allylic oxidation sites excluding steroid dienone is 3. The molecule has 1 atom stereocenters. The molecule has 0 spiro atoms. The topological polar surface area (TPSA) is 130 Å². The van der Waals surface area contributed by atoms with Crippen molar-refractivity contribution in [3.8, 4) is 18.1 Å². The van der Waals surface area contributed by atoms with Crippen molar-refractivity contribution >= 4 is 45.0 Å². The van der Waals surface area contributed by atoms with Crippen LogP contribution >= 0.6 is 23.4 Å². The summed E-state index contributed by atoms with van der Waals surface area (Å²) in [5, 5.41) is 11.1. The Kier molecular flexibility index (Phi) is 9.63. The Hall–Kier alpha value is -3.53. The minimum atomic E-state index is -3.74. The number of halogens is 1. The van der Waals surface area contributed by atoms with E-state index in [0.717, 1.165) is 4.90 Å². The van der Waals surface area contributed by atoms with Crippen molar-refractivity contribution in [2.24, 2.45) is 0 Å². The maximum Gasteiger partial charge on any atom is 0.315 e. The maximum atomic E-state index is 13.4. The van der Waals surface area contributed by atoms with Crippen molar-refractivity contribution in [3.05, 3.63) is 74.3 Å². The zero-order valence-electron chi connectivity index (χ0n) is 22.3. The lowest BCUT2D eigenvalue weighted by Crippen LogP contribution is -2.46. The molecule has 0 saturated carbocycles. The van der Waals surface area contributed by atoms with Gasteiger partial charge in [0.05, 0.1) is 27.5 Å². The van der Waals surface area contributed by atoms with Crippen LogP contribution in [0.4, 0.5) is 0 Å². The van der Waals surface area contributed by atoms with Crippen LogP contribution in [0.25, 0.3) is 0 Å². The lowest BCUT2D eigenvalue weighted by Gasteiger charge is -2.33. The number of terminal acetylenes is 1. The van der Waals surface area contributed by atoms with E-state index in [1.165, 1.54) is 39.5 Å². The Morgan fingerprint density at radius 3 is 2.73 bits per heavy atom. The number of likely N-dealkylation sites (tertiary alicyclic amines) is 1. The number of fused-ring (bicyclic) bond motifs is 1. The third-order valence-corrected chi connectivity index (χ3v) is 10.3. The van der Waals surface area contributed by atoms with Gasteiger partial charge in [-0.15, -0.1) is 18.2 Å². The molecule has 2 aliphatic heterocycles. The van der Waals surface area contributed by atoms with Gasteiger partial charge >= 0.3 is 5.56 Å². The number of benzene rings is 1. The molecule has 13 heteroatoms. The minimum Gasteiger partial charge on any atom is -0.501 e. The van der Waals surface area contributed by atoms with Gasteiger partial charge in [0.2, 0.25) is 11.7 Å². The normalized spacial score (nSPS) is 17.6. The van der Waals surface area contributed by atoms with Gasteiger partial charge in [-0.1, -0.05) is 35.7 Å². The summed E-state index contributed by atoms with van der Waals surface area (Å²) in [6.07, 6.45) is 10.4. The van der Waals surface area contributed by atoms with Gasteiger partial charge in [-0.2, -0.15) is 4.98 Å². The van der Waals surface area contributed by atoms with Crippen LogP contribution in [-0.4, -0.2) is 75.8 Å². The molecule has 1 aromatic heterocycles. The third-order valence-electron chi connectivity index (χ3n) is 6.95. The fraction of sp³-hybridized carbons (Fsp3) is 0.357. The highest BCUT2D eigenvalue weighted by molar-refractivity contribution is 8.00. The van der Waals surface area contributed by atoms with Gasteiger partial charge in [0.15, 0.2) is 15.5 Å². The van der Waals surface area contributed by atoms with Gasteiger partial charge in [-0.3, -0.25) is 14.4 Å². The number of carbonyl (C=O) groups excluding carboxylic acids is 2. The quantitative estimate of drug-likeness (QED) is 0.259. The Morgan fingerprint density at radius 2 is 2.02 bits per heavy atom. The predicted molar refractivity (Wildman–Crippen MR) is 157 cm³/mol. The molecule has 4 rings (SSSR count). The second kappa shape index (κ2) is 13.0. The lowest BCUT2D eigenvalue weighted by molar-refractivity contribution is -0.129. The summed E-state index contributed by atoms with van der Waals surface area (Å²) in [6.45, 7) is 2.17. The van der Waals surface area contributed by atoms with Gasteiger partial charge in [0.25, 0.3) is 5.91 Å². The fourth-order valence-corrected chi connectivity index (χ4v) is 7.38. The number of thioether (sulfide) groups is 1. The standard InChI is InChI=1S/C28H29ClN4O6S2/c1-3-5-9-19(4-2)41(38,39)17-16-31-14-15-33-24(28(31)37)25(35)27(36)30-26(33)21-11-8-13-32(21)23(34)18-40-22-12-7-6-10-20(22)29/h1,4-7,9-10,12,21,35H,8,11,13-18H2,2H3/b9-5-,19-4+. The predicted octanol–water partition coefficient (Wildman–Crippen LogP) is 3.02. The molecule has 41 heavy (non-hydrogen) atoms. The van der Waals surface area contributed by atoms with Crippen LogP contribution in [0, 0.1) is 12.3 Å². The number of aromatic hydroxyl groups is 1. The number of carbonyl (C=O) groups is 2. The van der Waals surface area contributed by atoms with Gasteiger partial charge < -0.3 is 19.5 Å². The molecule has 2 aliphatic rings. The number of hydrogen-bond acceptors (Lipinski definition) is 8. The first kappa shape index (κ1) is 30.4. The lowest BCUT2D eigenvalue weighted by atomic mass is 10.1. The highest BCUT2D eigenvalue weighted by Gasteiger charge is 2.38. The average molecular weight is 617 g/mol. The van der Waals surface area contributed by atoms with E-state index in [4.69, 9.17) is 18.0 Å². The summed E-state index contributed by atoms with van der Waals surface area (Å²) in [6, 6.07) is 6.66.